The van der Waals surface area contributed by atoms with Crippen molar-refractivity contribution in [2.45, 2.75) is 11.8 Å². The fourth-order valence-corrected chi connectivity index (χ4v) is 4.47. The van der Waals surface area contributed by atoms with Gasteiger partial charge in [-0.25, -0.2) is 13.4 Å². The molecule has 5 aromatic rings. The van der Waals surface area contributed by atoms with Crippen molar-refractivity contribution >= 4 is 26.5 Å². The van der Waals surface area contributed by atoms with Crippen molar-refractivity contribution in [1.82, 2.24) is 19.7 Å². The van der Waals surface area contributed by atoms with E-state index in [1.54, 1.807) is 67.0 Å². The second-order valence-corrected chi connectivity index (χ2v) is 9.00. The van der Waals surface area contributed by atoms with E-state index < -0.39 is 10.0 Å². The third-order valence-corrected chi connectivity index (χ3v) is 6.44. The van der Waals surface area contributed by atoms with E-state index in [4.69, 9.17) is 4.74 Å². The first-order valence-corrected chi connectivity index (χ1v) is 11.6. The van der Waals surface area contributed by atoms with Crippen LogP contribution in [0.25, 0.3) is 16.6 Å². The molecule has 2 aromatic heterocycles. The van der Waals surface area contributed by atoms with Gasteiger partial charge in [-0.05, 0) is 60.2 Å². The zero-order valence-electron chi connectivity index (χ0n) is 17.6. The van der Waals surface area contributed by atoms with Gasteiger partial charge in [0, 0.05) is 24.1 Å². The number of imidazole rings is 1. The quantitative estimate of drug-likeness (QED) is 0.396. The number of aryl methyl sites for hydroxylation is 1. The number of anilines is 1. The van der Waals surface area contributed by atoms with Crippen molar-refractivity contribution in [1.29, 1.82) is 0 Å². The molecule has 0 aliphatic rings. The standard InChI is InChI=1S/C24H19N5O3S/c1-17-25-14-15-29(17)23-12-13-24(27-26-23)32-21-9-7-20(8-10-21)28-33(30,31)22-11-6-18-4-2-3-5-19(18)16-22/h2-16,28H,1H3. The lowest BCUT2D eigenvalue weighted by atomic mass is 10.1. The number of ether oxygens (including phenoxy) is 1. The van der Waals surface area contributed by atoms with Crippen LogP contribution in [0.15, 0.2) is 96.2 Å². The Bertz CT molecular complexity index is 1530. The molecule has 0 aliphatic heterocycles. The van der Waals surface area contributed by atoms with Gasteiger partial charge in [0.2, 0.25) is 5.88 Å². The molecule has 0 bridgehead atoms. The molecule has 0 fully saturated rings. The summed E-state index contributed by atoms with van der Waals surface area (Å²) >= 11 is 0. The van der Waals surface area contributed by atoms with Crippen molar-refractivity contribution in [2.24, 2.45) is 0 Å². The monoisotopic (exact) mass is 457 g/mol. The Hall–Kier alpha value is -4.24. The van der Waals surface area contributed by atoms with Crippen LogP contribution < -0.4 is 9.46 Å². The first-order valence-electron chi connectivity index (χ1n) is 10.1. The average molecular weight is 458 g/mol. The lowest BCUT2D eigenvalue weighted by Crippen LogP contribution is -2.12. The molecular weight excluding hydrogens is 438 g/mol. The van der Waals surface area contributed by atoms with Gasteiger partial charge in [-0.2, -0.15) is 0 Å². The highest BCUT2D eigenvalue weighted by molar-refractivity contribution is 7.92. The molecule has 0 atom stereocenters. The highest BCUT2D eigenvalue weighted by atomic mass is 32.2. The van der Waals surface area contributed by atoms with Crippen LogP contribution in [0.1, 0.15) is 5.82 Å². The molecule has 9 heteroatoms. The molecular formula is C24H19N5O3S. The summed E-state index contributed by atoms with van der Waals surface area (Å²) in [6.07, 6.45) is 3.49. The van der Waals surface area contributed by atoms with Crippen LogP contribution in [-0.2, 0) is 10.0 Å². The zero-order valence-corrected chi connectivity index (χ0v) is 18.4. The molecule has 5 rings (SSSR count). The number of nitrogens with zero attached hydrogens (tertiary/aromatic N) is 4. The number of sulfonamides is 1. The number of fused-ring (bicyclic) bond motifs is 1. The van der Waals surface area contributed by atoms with E-state index in [0.717, 1.165) is 16.6 Å². The Morgan fingerprint density at radius 3 is 2.36 bits per heavy atom. The minimum absolute atomic E-state index is 0.199. The third kappa shape index (κ3) is 4.39. The molecule has 164 valence electrons. The van der Waals surface area contributed by atoms with Gasteiger partial charge in [0.15, 0.2) is 5.82 Å². The first-order chi connectivity index (χ1) is 16.0. The Morgan fingerprint density at radius 2 is 1.67 bits per heavy atom. The molecule has 33 heavy (non-hydrogen) atoms. The number of aromatic nitrogens is 4. The highest BCUT2D eigenvalue weighted by Gasteiger charge is 2.15. The maximum absolute atomic E-state index is 12.8. The van der Waals surface area contributed by atoms with Crippen molar-refractivity contribution in [2.75, 3.05) is 4.72 Å². The van der Waals surface area contributed by atoms with E-state index in [9.17, 15) is 8.42 Å². The summed E-state index contributed by atoms with van der Waals surface area (Å²) in [5.41, 5.74) is 0.424. The van der Waals surface area contributed by atoms with Crippen LogP contribution >= 0.6 is 0 Å². The van der Waals surface area contributed by atoms with Crippen molar-refractivity contribution in [3.8, 4) is 17.4 Å². The van der Waals surface area contributed by atoms with Gasteiger partial charge >= 0.3 is 0 Å². The number of rotatable bonds is 6. The van der Waals surface area contributed by atoms with E-state index in [-0.39, 0.29) is 4.90 Å². The third-order valence-electron chi connectivity index (χ3n) is 5.06. The number of hydrogen-bond donors (Lipinski definition) is 1. The van der Waals surface area contributed by atoms with Crippen LogP contribution in [0.5, 0.6) is 11.6 Å². The predicted molar refractivity (Wildman–Crippen MR) is 125 cm³/mol. The van der Waals surface area contributed by atoms with Crippen LogP contribution in [0.3, 0.4) is 0 Å². The molecule has 0 amide bonds. The Kier molecular flexibility index (Phi) is 5.23. The van der Waals surface area contributed by atoms with Gasteiger partial charge in [0.1, 0.15) is 11.6 Å². The van der Waals surface area contributed by atoms with Crippen LogP contribution in [0.2, 0.25) is 0 Å². The van der Waals surface area contributed by atoms with E-state index in [1.165, 1.54) is 0 Å². The number of nitrogens with one attached hydrogen (secondary N) is 1. The number of hydrogen-bond acceptors (Lipinski definition) is 6. The van der Waals surface area contributed by atoms with Crippen molar-refractivity contribution in [3.63, 3.8) is 0 Å². The SMILES string of the molecule is Cc1nccn1-c1ccc(Oc2ccc(NS(=O)(=O)c3ccc4ccccc4c3)cc2)nn1. The zero-order chi connectivity index (χ0) is 22.8. The van der Waals surface area contributed by atoms with Gasteiger partial charge < -0.3 is 4.74 Å². The molecule has 0 radical (unpaired) electrons. The van der Waals surface area contributed by atoms with Crippen LogP contribution in [-0.4, -0.2) is 28.2 Å². The van der Waals surface area contributed by atoms with E-state index >= 15 is 0 Å². The molecule has 2 heterocycles. The molecule has 3 aromatic carbocycles. The summed E-state index contributed by atoms with van der Waals surface area (Å²) in [7, 11) is -3.73. The molecule has 8 nitrogen and oxygen atoms in total. The van der Waals surface area contributed by atoms with Gasteiger partial charge in [0.05, 0.1) is 4.90 Å². The Labute approximate surface area is 190 Å². The molecule has 0 saturated carbocycles. The first kappa shape index (κ1) is 20.7. The molecule has 0 aliphatic carbocycles. The second-order valence-electron chi connectivity index (χ2n) is 7.32. The summed E-state index contributed by atoms with van der Waals surface area (Å²) < 4.78 is 35.7. The predicted octanol–water partition coefficient (Wildman–Crippen LogP) is 4.72. The van der Waals surface area contributed by atoms with Gasteiger partial charge in [-0.1, -0.05) is 30.3 Å². The lowest BCUT2D eigenvalue weighted by molar-refractivity contribution is 0.454. The Morgan fingerprint density at radius 1 is 0.879 bits per heavy atom. The molecule has 1 N–H and O–H groups in total. The normalized spacial score (nSPS) is 11.4. The average Bonchev–Trinajstić information content (AvgIpc) is 3.26. The maximum Gasteiger partial charge on any atom is 0.261 e. The summed E-state index contributed by atoms with van der Waals surface area (Å²) in [6, 6.07) is 22.7. The molecule has 0 saturated heterocycles. The van der Waals surface area contributed by atoms with E-state index in [0.29, 0.717) is 23.1 Å². The summed E-state index contributed by atoms with van der Waals surface area (Å²) in [5, 5.41) is 10.1. The van der Waals surface area contributed by atoms with E-state index in [2.05, 4.69) is 19.9 Å². The van der Waals surface area contributed by atoms with Crippen LogP contribution in [0.4, 0.5) is 5.69 Å². The largest absolute Gasteiger partial charge is 0.438 e. The summed E-state index contributed by atoms with van der Waals surface area (Å²) in [6.45, 7) is 1.88. The maximum atomic E-state index is 12.8. The minimum Gasteiger partial charge on any atom is -0.438 e. The second kappa shape index (κ2) is 8.36. The fourth-order valence-electron chi connectivity index (χ4n) is 3.38. The van der Waals surface area contributed by atoms with Crippen LogP contribution in [0, 0.1) is 6.92 Å². The van der Waals surface area contributed by atoms with E-state index in [1.807, 2.05) is 35.8 Å². The lowest BCUT2D eigenvalue weighted by Gasteiger charge is -2.10. The van der Waals surface area contributed by atoms with Gasteiger partial charge in [0.25, 0.3) is 10.0 Å². The topological polar surface area (TPSA) is 99.0 Å². The fraction of sp³-hybridized carbons (Fsp3) is 0.0417. The highest BCUT2D eigenvalue weighted by Crippen LogP contribution is 2.25. The minimum atomic E-state index is -3.73. The molecule has 0 spiro atoms. The Balaban J connectivity index is 1.28. The summed E-state index contributed by atoms with van der Waals surface area (Å²) in [4.78, 5) is 4.36. The van der Waals surface area contributed by atoms with Crippen molar-refractivity contribution in [3.05, 3.63) is 97.1 Å². The smallest absolute Gasteiger partial charge is 0.261 e. The van der Waals surface area contributed by atoms with Crippen molar-refractivity contribution < 1.29 is 13.2 Å². The number of benzene rings is 3. The summed E-state index contributed by atoms with van der Waals surface area (Å²) in [5.74, 6) is 2.26. The van der Waals surface area contributed by atoms with Gasteiger partial charge in [-0.3, -0.25) is 9.29 Å². The van der Waals surface area contributed by atoms with Gasteiger partial charge in [-0.15, -0.1) is 10.2 Å². The molecule has 0 unspecified atom stereocenters.